The third-order valence-electron chi connectivity index (χ3n) is 4.79. The van der Waals surface area contributed by atoms with Crippen LogP contribution in [0.4, 0.5) is 28.9 Å². The Morgan fingerprint density at radius 2 is 1.83 bits per heavy atom. The first-order valence-electron chi connectivity index (χ1n) is 8.25. The fraction of sp³-hybridized carbons (Fsp3) is 0.294. The molecule has 0 aromatic heterocycles. The number of nitrogens with two attached hydrogens (primary N) is 1. The average molecular weight is 433 g/mol. The van der Waals surface area contributed by atoms with Gasteiger partial charge >= 0.3 is 6.18 Å². The van der Waals surface area contributed by atoms with Gasteiger partial charge in [-0.05, 0) is 42.7 Å². The van der Waals surface area contributed by atoms with Gasteiger partial charge in [-0.25, -0.2) is 17.9 Å². The average Bonchev–Trinajstić information content (AvgIpc) is 3.39. The molecule has 1 aliphatic carbocycles. The standard InChI is InChI=1S/C17H15F4N3O4S/c18-12-6-10(5-11(7-12)17(19,20)21)16(3-4-16)9-23-14-8-13(24(25)26)1-2-15(14)29(22,27)28/h1-2,5-8,23H,3-4,9H2,(H2,22,27,28). The van der Waals surface area contributed by atoms with Crippen molar-refractivity contribution < 1.29 is 30.9 Å². The Labute approximate surface area is 162 Å². The molecule has 0 radical (unpaired) electrons. The highest BCUT2D eigenvalue weighted by molar-refractivity contribution is 7.89. The van der Waals surface area contributed by atoms with Crippen molar-refractivity contribution in [2.45, 2.75) is 29.3 Å². The van der Waals surface area contributed by atoms with Crippen molar-refractivity contribution in [2.24, 2.45) is 5.14 Å². The highest BCUT2D eigenvalue weighted by Crippen LogP contribution is 2.49. The molecule has 3 rings (SSSR count). The van der Waals surface area contributed by atoms with Crippen LogP contribution in [0.25, 0.3) is 0 Å². The van der Waals surface area contributed by atoms with E-state index in [2.05, 4.69) is 5.32 Å². The number of non-ortho nitro benzene ring substituents is 1. The Morgan fingerprint density at radius 1 is 1.17 bits per heavy atom. The van der Waals surface area contributed by atoms with Gasteiger partial charge in [-0.1, -0.05) is 0 Å². The van der Waals surface area contributed by atoms with Gasteiger partial charge in [0.2, 0.25) is 10.0 Å². The normalized spacial score (nSPS) is 15.8. The van der Waals surface area contributed by atoms with Gasteiger partial charge in [0, 0.05) is 24.1 Å². The fourth-order valence-electron chi connectivity index (χ4n) is 3.06. The SMILES string of the molecule is NS(=O)(=O)c1ccc([N+](=O)[O-])cc1NCC1(c2cc(F)cc(C(F)(F)F)c2)CC1. The van der Waals surface area contributed by atoms with Crippen LogP contribution in [0.3, 0.4) is 0 Å². The van der Waals surface area contributed by atoms with Gasteiger partial charge in [-0.2, -0.15) is 13.2 Å². The maximum atomic E-state index is 13.8. The summed E-state index contributed by atoms with van der Waals surface area (Å²) in [5, 5.41) is 18.8. The van der Waals surface area contributed by atoms with E-state index in [4.69, 9.17) is 5.14 Å². The molecule has 0 amide bonds. The molecule has 1 saturated carbocycles. The van der Waals surface area contributed by atoms with E-state index in [-0.39, 0.29) is 17.8 Å². The van der Waals surface area contributed by atoms with Crippen molar-refractivity contribution in [3.8, 4) is 0 Å². The lowest BCUT2D eigenvalue weighted by molar-refractivity contribution is -0.384. The zero-order valence-electron chi connectivity index (χ0n) is 14.7. The van der Waals surface area contributed by atoms with E-state index in [0.717, 1.165) is 30.3 Å². The Kier molecular flexibility index (Phi) is 5.03. The van der Waals surface area contributed by atoms with Crippen LogP contribution in [0.15, 0.2) is 41.3 Å². The monoisotopic (exact) mass is 433 g/mol. The summed E-state index contributed by atoms with van der Waals surface area (Å²) in [6.07, 6.45) is -3.86. The number of alkyl halides is 3. The van der Waals surface area contributed by atoms with Crippen molar-refractivity contribution in [3.63, 3.8) is 0 Å². The van der Waals surface area contributed by atoms with Crippen LogP contribution < -0.4 is 10.5 Å². The lowest BCUT2D eigenvalue weighted by atomic mass is 9.93. The number of benzene rings is 2. The third kappa shape index (κ3) is 4.48. The number of nitro benzene ring substituents is 1. The number of primary sulfonamides is 1. The summed E-state index contributed by atoms with van der Waals surface area (Å²) in [7, 11) is -4.21. The van der Waals surface area contributed by atoms with Crippen LogP contribution in [0.2, 0.25) is 0 Å². The van der Waals surface area contributed by atoms with Crippen molar-refractivity contribution in [3.05, 3.63) is 63.5 Å². The van der Waals surface area contributed by atoms with E-state index in [1.807, 2.05) is 0 Å². The van der Waals surface area contributed by atoms with Gasteiger partial charge in [-0.3, -0.25) is 10.1 Å². The molecule has 1 aliphatic rings. The molecule has 156 valence electrons. The molecule has 2 aromatic carbocycles. The molecule has 2 aromatic rings. The van der Waals surface area contributed by atoms with Crippen molar-refractivity contribution in [2.75, 3.05) is 11.9 Å². The summed E-state index contributed by atoms with van der Waals surface area (Å²) in [5.41, 5.74) is -2.42. The molecule has 12 heteroatoms. The van der Waals surface area contributed by atoms with Crippen molar-refractivity contribution >= 4 is 21.4 Å². The Bertz CT molecular complexity index is 1080. The minimum atomic E-state index is -4.72. The molecule has 0 spiro atoms. The first-order valence-corrected chi connectivity index (χ1v) is 9.80. The Balaban J connectivity index is 1.93. The number of rotatable bonds is 6. The number of hydrogen-bond donors (Lipinski definition) is 2. The van der Waals surface area contributed by atoms with E-state index < -0.39 is 48.5 Å². The maximum Gasteiger partial charge on any atom is 0.416 e. The second-order valence-electron chi connectivity index (χ2n) is 6.84. The topological polar surface area (TPSA) is 115 Å². The van der Waals surface area contributed by atoms with Gasteiger partial charge in [0.1, 0.15) is 10.7 Å². The van der Waals surface area contributed by atoms with Crippen LogP contribution in [0, 0.1) is 15.9 Å². The minimum absolute atomic E-state index is 0.0581. The molecule has 0 aliphatic heterocycles. The highest BCUT2D eigenvalue weighted by atomic mass is 32.2. The van der Waals surface area contributed by atoms with Crippen molar-refractivity contribution in [1.82, 2.24) is 0 Å². The van der Waals surface area contributed by atoms with E-state index >= 15 is 0 Å². The molecule has 3 N–H and O–H groups in total. The van der Waals surface area contributed by atoms with E-state index in [9.17, 15) is 36.1 Å². The van der Waals surface area contributed by atoms with Gasteiger partial charge in [0.25, 0.3) is 5.69 Å². The number of sulfonamides is 1. The molecule has 0 saturated heterocycles. The summed E-state index contributed by atoms with van der Waals surface area (Å²) in [4.78, 5) is 9.84. The highest BCUT2D eigenvalue weighted by Gasteiger charge is 2.45. The fourth-order valence-corrected chi connectivity index (χ4v) is 3.76. The lowest BCUT2D eigenvalue weighted by Gasteiger charge is -2.20. The lowest BCUT2D eigenvalue weighted by Crippen LogP contribution is -2.23. The second-order valence-corrected chi connectivity index (χ2v) is 8.37. The zero-order chi connectivity index (χ0) is 21.6. The summed E-state index contributed by atoms with van der Waals surface area (Å²) >= 11 is 0. The number of nitro groups is 1. The van der Waals surface area contributed by atoms with Crippen LogP contribution >= 0.6 is 0 Å². The Morgan fingerprint density at radius 3 is 2.34 bits per heavy atom. The first kappa shape index (κ1) is 21.0. The van der Waals surface area contributed by atoms with E-state index in [1.165, 1.54) is 0 Å². The van der Waals surface area contributed by atoms with E-state index in [0.29, 0.717) is 18.9 Å². The predicted molar refractivity (Wildman–Crippen MR) is 95.3 cm³/mol. The quantitative estimate of drug-likeness (QED) is 0.411. The molecule has 0 unspecified atom stereocenters. The molecule has 0 bridgehead atoms. The van der Waals surface area contributed by atoms with Crippen molar-refractivity contribution in [1.29, 1.82) is 0 Å². The predicted octanol–water partition coefficient (Wildman–Crippen LogP) is 3.54. The molecule has 7 nitrogen and oxygen atoms in total. The van der Waals surface area contributed by atoms with Gasteiger partial charge in [-0.15, -0.1) is 0 Å². The number of hydrogen-bond acceptors (Lipinski definition) is 5. The van der Waals surface area contributed by atoms with Crippen LogP contribution in [0.1, 0.15) is 24.0 Å². The maximum absolute atomic E-state index is 13.8. The molecule has 0 heterocycles. The second kappa shape index (κ2) is 6.95. The summed E-state index contributed by atoms with van der Waals surface area (Å²) < 4.78 is 76.2. The summed E-state index contributed by atoms with van der Waals surface area (Å²) in [5.74, 6) is -1.04. The largest absolute Gasteiger partial charge is 0.416 e. The van der Waals surface area contributed by atoms with Crippen LogP contribution in [-0.4, -0.2) is 19.9 Å². The van der Waals surface area contributed by atoms with Crippen LogP contribution in [-0.2, 0) is 21.6 Å². The zero-order valence-corrected chi connectivity index (χ0v) is 15.5. The Hall–Kier alpha value is -2.73. The molecule has 1 fully saturated rings. The summed E-state index contributed by atoms with van der Waals surface area (Å²) in [6.45, 7) is -0.0581. The van der Waals surface area contributed by atoms with Crippen LogP contribution in [0.5, 0.6) is 0 Å². The smallest absolute Gasteiger partial charge is 0.383 e. The molecular formula is C17H15F4N3O4S. The van der Waals surface area contributed by atoms with E-state index in [1.54, 1.807) is 0 Å². The van der Waals surface area contributed by atoms with Gasteiger partial charge in [0.15, 0.2) is 0 Å². The van der Waals surface area contributed by atoms with Gasteiger partial charge < -0.3 is 5.32 Å². The number of anilines is 1. The number of nitrogens with zero attached hydrogens (tertiary/aromatic N) is 1. The number of halogens is 4. The molecule has 0 atom stereocenters. The number of nitrogens with one attached hydrogen (secondary N) is 1. The third-order valence-corrected chi connectivity index (χ3v) is 5.76. The van der Waals surface area contributed by atoms with Gasteiger partial charge in [0.05, 0.1) is 16.2 Å². The summed E-state index contributed by atoms with van der Waals surface area (Å²) in [6, 6.07) is 5.16. The molecular weight excluding hydrogens is 418 g/mol. The first-order chi connectivity index (χ1) is 13.3. The molecule has 29 heavy (non-hydrogen) atoms. The minimum Gasteiger partial charge on any atom is -0.383 e.